The van der Waals surface area contributed by atoms with Crippen molar-refractivity contribution in [3.8, 4) is 11.4 Å². The largest absolute Gasteiger partial charge is 0.328 e. The zero-order valence-corrected chi connectivity index (χ0v) is 33.2. The fraction of sp³-hybridized carbons (Fsp3) is 0.0185. The van der Waals surface area contributed by atoms with Gasteiger partial charge in [-0.05, 0) is 72.8 Å². The lowest BCUT2D eigenvalue weighted by Gasteiger charge is -2.25. The van der Waals surface area contributed by atoms with Crippen LogP contribution in [0.3, 0.4) is 0 Å². The molecule has 1 unspecified atom stereocenters. The van der Waals surface area contributed by atoms with Crippen molar-refractivity contribution in [3.05, 3.63) is 194 Å². The van der Waals surface area contributed by atoms with Crippen LogP contribution >= 0.6 is 0 Å². The van der Waals surface area contributed by atoms with E-state index in [2.05, 4.69) is 206 Å². The van der Waals surface area contributed by atoms with Crippen molar-refractivity contribution in [2.75, 3.05) is 0 Å². The molecule has 0 fully saturated rings. The van der Waals surface area contributed by atoms with Crippen molar-refractivity contribution < 1.29 is 0 Å². The molecular formula is C54H34N8. The van der Waals surface area contributed by atoms with Gasteiger partial charge < -0.3 is 14.5 Å². The van der Waals surface area contributed by atoms with Gasteiger partial charge in [0.15, 0.2) is 12.0 Å². The first kappa shape index (κ1) is 33.4. The fourth-order valence-corrected chi connectivity index (χ4v) is 10.2. The molecule has 12 aromatic rings. The van der Waals surface area contributed by atoms with Crippen LogP contribution in [0, 0.1) is 0 Å². The summed E-state index contributed by atoms with van der Waals surface area (Å²) in [6.45, 7) is 0. The average molecular weight is 795 g/mol. The Hall–Kier alpha value is -8.49. The molecule has 0 radical (unpaired) electrons. The highest BCUT2D eigenvalue weighted by Crippen LogP contribution is 2.41. The van der Waals surface area contributed by atoms with Gasteiger partial charge in [-0.15, -0.1) is 0 Å². The van der Waals surface area contributed by atoms with Gasteiger partial charge in [-0.2, -0.15) is 0 Å². The third-order valence-electron chi connectivity index (χ3n) is 12.8. The monoisotopic (exact) mass is 794 g/mol. The van der Waals surface area contributed by atoms with E-state index in [1.807, 2.05) is 12.4 Å². The minimum atomic E-state index is -0.408. The van der Waals surface area contributed by atoms with E-state index in [4.69, 9.17) is 15.0 Å². The predicted molar refractivity (Wildman–Crippen MR) is 257 cm³/mol. The van der Waals surface area contributed by atoms with Crippen molar-refractivity contribution in [2.45, 2.75) is 6.17 Å². The molecule has 8 nitrogen and oxygen atoms in total. The number of aromatic nitrogens is 4. The normalized spacial score (nSPS) is 15.3. The van der Waals surface area contributed by atoms with E-state index < -0.39 is 6.17 Å². The Balaban J connectivity index is 0.939. The van der Waals surface area contributed by atoms with E-state index in [0.29, 0.717) is 5.96 Å². The first-order valence-corrected chi connectivity index (χ1v) is 21.0. The molecule has 8 heteroatoms. The van der Waals surface area contributed by atoms with E-state index in [-0.39, 0.29) is 0 Å². The number of aliphatic imine (C=N–C) groups is 3. The van der Waals surface area contributed by atoms with Gasteiger partial charge in [0, 0.05) is 54.5 Å². The SMILES string of the molecule is C1=NC2NC(n3c4ccccc4c4cc5c(cc43)c3ccccc3n5-c3ccccc3)=NC=C2N=C1n1c2ccccc2c2cc3c(cc21)c1ccccc1n3-c1ccccc1. The van der Waals surface area contributed by atoms with E-state index in [1.54, 1.807) is 0 Å². The zero-order valence-electron chi connectivity index (χ0n) is 33.2. The molecule has 0 bridgehead atoms. The molecule has 0 saturated heterocycles. The average Bonchev–Trinajstić information content (AvgIpc) is 4.05. The van der Waals surface area contributed by atoms with Crippen molar-refractivity contribution >= 4 is 105 Å². The van der Waals surface area contributed by atoms with Crippen LogP contribution in [0.1, 0.15) is 0 Å². The minimum absolute atomic E-state index is 0.408. The number of rotatable bonds is 2. The van der Waals surface area contributed by atoms with E-state index in [9.17, 15) is 0 Å². The van der Waals surface area contributed by atoms with Gasteiger partial charge in [0.1, 0.15) is 5.70 Å². The molecular weight excluding hydrogens is 761 g/mol. The van der Waals surface area contributed by atoms with E-state index in [1.165, 1.54) is 43.6 Å². The Kier molecular flexibility index (Phi) is 6.73. The lowest BCUT2D eigenvalue weighted by Crippen LogP contribution is -2.42. The quantitative estimate of drug-likeness (QED) is 0.186. The second kappa shape index (κ2) is 12.5. The maximum atomic E-state index is 5.29. The number of fused-ring (bicyclic) bond motifs is 13. The molecule has 2 aliphatic heterocycles. The lowest BCUT2D eigenvalue weighted by molar-refractivity contribution is 0.688. The Morgan fingerprint density at radius 1 is 0.371 bits per heavy atom. The third-order valence-corrected chi connectivity index (χ3v) is 12.8. The molecule has 14 rings (SSSR count). The topological polar surface area (TPSA) is 68.8 Å². The van der Waals surface area contributed by atoms with Crippen LogP contribution in [0.2, 0.25) is 0 Å². The lowest BCUT2D eigenvalue weighted by atomic mass is 10.1. The molecule has 1 N–H and O–H groups in total. The molecule has 0 saturated carbocycles. The summed E-state index contributed by atoms with van der Waals surface area (Å²) in [5, 5.41) is 13.1. The number of benzene rings is 8. The summed E-state index contributed by atoms with van der Waals surface area (Å²) in [6, 6.07) is 65.1. The number of nitrogens with one attached hydrogen (secondary N) is 1. The summed E-state index contributed by atoms with van der Waals surface area (Å²) >= 11 is 0. The molecule has 6 heterocycles. The van der Waals surface area contributed by atoms with Crippen LogP contribution in [-0.4, -0.2) is 42.4 Å². The molecule has 1 atom stereocenters. The van der Waals surface area contributed by atoms with Crippen LogP contribution in [0.25, 0.3) is 98.6 Å². The first-order chi connectivity index (χ1) is 30.8. The summed E-state index contributed by atoms with van der Waals surface area (Å²) in [7, 11) is 0. The van der Waals surface area contributed by atoms with Gasteiger partial charge in [-0.25, -0.2) is 9.98 Å². The fourth-order valence-electron chi connectivity index (χ4n) is 10.2. The maximum Gasteiger partial charge on any atom is 0.209 e. The number of hydrogen-bond acceptors (Lipinski definition) is 4. The Labute approximate surface area is 353 Å². The summed E-state index contributed by atoms with van der Waals surface area (Å²) in [5.41, 5.74) is 12.0. The molecule has 0 aliphatic carbocycles. The van der Waals surface area contributed by atoms with E-state index >= 15 is 0 Å². The summed E-state index contributed by atoms with van der Waals surface area (Å²) in [6.07, 6.45) is 3.39. The highest BCUT2D eigenvalue weighted by Gasteiger charge is 2.28. The summed E-state index contributed by atoms with van der Waals surface area (Å²) in [5.74, 6) is 1.46. The van der Waals surface area contributed by atoms with Gasteiger partial charge in [0.25, 0.3) is 0 Å². The zero-order chi connectivity index (χ0) is 40.5. The van der Waals surface area contributed by atoms with Gasteiger partial charge >= 0.3 is 0 Å². The van der Waals surface area contributed by atoms with E-state index in [0.717, 1.165) is 66.5 Å². The van der Waals surface area contributed by atoms with Crippen molar-refractivity contribution in [2.24, 2.45) is 15.0 Å². The van der Waals surface area contributed by atoms with Crippen LogP contribution in [0.4, 0.5) is 0 Å². The molecule has 0 spiro atoms. The maximum absolute atomic E-state index is 5.29. The molecule has 4 aromatic heterocycles. The molecule has 8 aromatic carbocycles. The van der Waals surface area contributed by atoms with Crippen LogP contribution in [0.15, 0.2) is 209 Å². The highest BCUT2D eigenvalue weighted by molar-refractivity contribution is 6.36. The van der Waals surface area contributed by atoms with Gasteiger partial charge in [0.05, 0.1) is 56.5 Å². The van der Waals surface area contributed by atoms with Crippen LogP contribution in [0.5, 0.6) is 0 Å². The number of nitrogens with zero attached hydrogens (tertiary/aromatic N) is 7. The van der Waals surface area contributed by atoms with Gasteiger partial charge in [0.2, 0.25) is 5.96 Å². The summed E-state index contributed by atoms with van der Waals surface area (Å²) in [4.78, 5) is 15.5. The van der Waals surface area contributed by atoms with Crippen LogP contribution in [-0.2, 0) is 0 Å². The van der Waals surface area contributed by atoms with Crippen LogP contribution < -0.4 is 5.32 Å². The third kappa shape index (κ3) is 4.57. The van der Waals surface area contributed by atoms with Crippen molar-refractivity contribution in [1.82, 2.24) is 23.6 Å². The second-order valence-electron chi connectivity index (χ2n) is 16.2. The number of para-hydroxylation sites is 6. The molecule has 290 valence electrons. The Bertz CT molecular complexity index is 4000. The molecule has 2 aliphatic rings. The Morgan fingerprint density at radius 3 is 1.24 bits per heavy atom. The second-order valence-corrected chi connectivity index (χ2v) is 16.2. The summed E-state index contributed by atoms with van der Waals surface area (Å²) < 4.78 is 9.24. The smallest absolute Gasteiger partial charge is 0.209 e. The highest BCUT2D eigenvalue weighted by atomic mass is 15.3. The first-order valence-electron chi connectivity index (χ1n) is 21.0. The minimum Gasteiger partial charge on any atom is -0.328 e. The molecule has 0 amide bonds. The number of hydrogen-bond donors (Lipinski definition) is 1. The van der Waals surface area contributed by atoms with Gasteiger partial charge in [-0.1, -0.05) is 109 Å². The van der Waals surface area contributed by atoms with Gasteiger partial charge in [-0.3, -0.25) is 14.1 Å². The Morgan fingerprint density at radius 2 is 0.758 bits per heavy atom. The van der Waals surface area contributed by atoms with Crippen molar-refractivity contribution in [1.29, 1.82) is 0 Å². The predicted octanol–water partition coefficient (Wildman–Crippen LogP) is 12.1. The van der Waals surface area contributed by atoms with Crippen molar-refractivity contribution in [3.63, 3.8) is 0 Å². The standard InChI is InChI=1S/C54H34N8/c1-3-15-33(16-4-1)59-44-23-11-7-19-35(44)39-29-50-41(27-48(39)59)37-21-9-13-25-46(37)61(50)52-32-55-53-43(57-52)31-56-54(58-53)62-47-26-14-10-22-38(47)42-28-49-40(30-51(42)62)36-20-8-12-24-45(36)60(49)34-17-5-2-6-18-34/h1-32,53H,(H,56,58). The molecule has 62 heavy (non-hydrogen) atoms.